The Kier molecular flexibility index (Phi) is 4.47. The Hall–Kier alpha value is -3.27. The van der Waals surface area contributed by atoms with Gasteiger partial charge in [0.15, 0.2) is 0 Å². The van der Waals surface area contributed by atoms with Crippen molar-refractivity contribution < 1.29 is 14.9 Å². The molecule has 4 heteroatoms. The topological polar surface area (TPSA) is 62.0 Å². The lowest BCUT2D eigenvalue weighted by Crippen LogP contribution is -2.02. The van der Waals surface area contributed by atoms with Crippen LogP contribution in [0.2, 0.25) is 0 Å². The van der Waals surface area contributed by atoms with Gasteiger partial charge >= 0.3 is 0 Å². The molecule has 0 radical (unpaired) electrons. The van der Waals surface area contributed by atoms with Crippen LogP contribution in [0.4, 0.5) is 5.69 Å². The zero-order chi connectivity index (χ0) is 16.9. The monoisotopic (exact) mass is 319 g/mol. The summed E-state index contributed by atoms with van der Waals surface area (Å²) in [5.74, 6) is 1.17. The van der Waals surface area contributed by atoms with Crippen LogP contribution in [0.5, 0.6) is 17.2 Å². The molecule has 3 aromatic carbocycles. The molecular weight excluding hydrogens is 302 g/mol. The lowest BCUT2D eigenvalue weighted by atomic mass is 10.0. The van der Waals surface area contributed by atoms with Crippen molar-refractivity contribution in [1.82, 2.24) is 0 Å². The van der Waals surface area contributed by atoms with Crippen LogP contribution >= 0.6 is 0 Å². The van der Waals surface area contributed by atoms with Crippen LogP contribution in [0.3, 0.4) is 0 Å². The molecule has 0 amide bonds. The summed E-state index contributed by atoms with van der Waals surface area (Å²) in [6.07, 6.45) is 0. The predicted molar refractivity (Wildman–Crippen MR) is 94.5 cm³/mol. The third-order valence-corrected chi connectivity index (χ3v) is 3.59. The first-order valence-corrected chi connectivity index (χ1v) is 7.47. The van der Waals surface area contributed by atoms with E-state index >= 15 is 0 Å². The lowest BCUT2D eigenvalue weighted by Gasteiger charge is -2.09. The highest BCUT2D eigenvalue weighted by Gasteiger charge is 2.08. The van der Waals surface area contributed by atoms with E-state index in [1.54, 1.807) is 31.4 Å². The van der Waals surface area contributed by atoms with Crippen molar-refractivity contribution in [1.29, 1.82) is 0 Å². The van der Waals surface area contributed by atoms with Gasteiger partial charge in [0.05, 0.1) is 18.5 Å². The SMILES string of the molecule is COc1ccc(N=C(c2ccc(O)cc2)c2ccc(O)cc2)cc1. The maximum atomic E-state index is 9.51. The highest BCUT2D eigenvalue weighted by Crippen LogP contribution is 2.23. The molecule has 24 heavy (non-hydrogen) atoms. The predicted octanol–water partition coefficient (Wildman–Crippen LogP) is 4.28. The van der Waals surface area contributed by atoms with Gasteiger partial charge < -0.3 is 14.9 Å². The number of hydrogen-bond acceptors (Lipinski definition) is 4. The van der Waals surface area contributed by atoms with Gasteiger partial charge in [-0.05, 0) is 72.8 Å². The van der Waals surface area contributed by atoms with Crippen molar-refractivity contribution in [2.75, 3.05) is 7.11 Å². The molecule has 0 atom stereocenters. The third-order valence-electron chi connectivity index (χ3n) is 3.59. The van der Waals surface area contributed by atoms with Crippen molar-refractivity contribution in [3.8, 4) is 17.2 Å². The number of phenols is 2. The minimum atomic E-state index is 0.202. The smallest absolute Gasteiger partial charge is 0.119 e. The van der Waals surface area contributed by atoms with Crippen LogP contribution in [0.15, 0.2) is 77.8 Å². The van der Waals surface area contributed by atoms with Gasteiger partial charge in [0, 0.05) is 11.1 Å². The van der Waals surface area contributed by atoms with Crippen LogP contribution in [-0.2, 0) is 0 Å². The van der Waals surface area contributed by atoms with E-state index in [1.165, 1.54) is 0 Å². The molecule has 0 bridgehead atoms. The van der Waals surface area contributed by atoms with E-state index < -0.39 is 0 Å². The number of methoxy groups -OCH3 is 1. The Labute approximate surface area is 140 Å². The van der Waals surface area contributed by atoms with Crippen LogP contribution < -0.4 is 4.74 Å². The minimum absolute atomic E-state index is 0.202. The summed E-state index contributed by atoms with van der Waals surface area (Å²) in [6, 6.07) is 21.2. The number of benzene rings is 3. The number of ether oxygens (including phenoxy) is 1. The fraction of sp³-hybridized carbons (Fsp3) is 0.0500. The van der Waals surface area contributed by atoms with Crippen molar-refractivity contribution >= 4 is 11.4 Å². The average molecular weight is 319 g/mol. The van der Waals surface area contributed by atoms with Crippen LogP contribution in [-0.4, -0.2) is 23.0 Å². The zero-order valence-corrected chi connectivity index (χ0v) is 13.2. The quantitative estimate of drug-likeness (QED) is 0.706. The second-order valence-corrected chi connectivity index (χ2v) is 5.25. The Morgan fingerprint density at radius 2 is 1.17 bits per heavy atom. The molecule has 0 aliphatic heterocycles. The highest BCUT2D eigenvalue weighted by molar-refractivity contribution is 6.14. The molecule has 3 aromatic rings. The summed E-state index contributed by atoms with van der Waals surface area (Å²) in [7, 11) is 1.62. The summed E-state index contributed by atoms with van der Waals surface area (Å²) >= 11 is 0. The number of nitrogens with zero attached hydrogens (tertiary/aromatic N) is 1. The van der Waals surface area contributed by atoms with Gasteiger partial charge in [-0.25, -0.2) is 4.99 Å². The standard InChI is InChI=1S/C20H17NO3/c1-24-19-12-6-16(7-13-19)21-20(14-2-8-17(22)9-3-14)15-4-10-18(23)11-5-15/h2-13,22-23H,1H3. The molecular formula is C20H17NO3. The van der Waals surface area contributed by atoms with Gasteiger partial charge in [-0.15, -0.1) is 0 Å². The summed E-state index contributed by atoms with van der Waals surface area (Å²) in [6.45, 7) is 0. The van der Waals surface area contributed by atoms with Crippen LogP contribution in [0.25, 0.3) is 0 Å². The first-order valence-electron chi connectivity index (χ1n) is 7.47. The van der Waals surface area contributed by atoms with Gasteiger partial charge in [0.2, 0.25) is 0 Å². The number of hydrogen-bond donors (Lipinski definition) is 2. The number of aliphatic imine (C=N–C) groups is 1. The second kappa shape index (κ2) is 6.87. The minimum Gasteiger partial charge on any atom is -0.508 e. The molecule has 0 spiro atoms. The maximum Gasteiger partial charge on any atom is 0.119 e. The Balaban J connectivity index is 2.07. The first kappa shape index (κ1) is 15.6. The molecule has 4 nitrogen and oxygen atoms in total. The lowest BCUT2D eigenvalue weighted by molar-refractivity contribution is 0.415. The molecule has 0 saturated heterocycles. The Morgan fingerprint density at radius 3 is 1.58 bits per heavy atom. The second-order valence-electron chi connectivity index (χ2n) is 5.25. The largest absolute Gasteiger partial charge is 0.508 e. The first-order chi connectivity index (χ1) is 11.7. The van der Waals surface area contributed by atoms with Gasteiger partial charge in [-0.3, -0.25) is 0 Å². The van der Waals surface area contributed by atoms with E-state index in [0.29, 0.717) is 0 Å². The maximum absolute atomic E-state index is 9.51. The van der Waals surface area contributed by atoms with Gasteiger partial charge in [-0.2, -0.15) is 0 Å². The van der Waals surface area contributed by atoms with Crippen molar-refractivity contribution in [3.63, 3.8) is 0 Å². The van der Waals surface area contributed by atoms with Crippen molar-refractivity contribution in [3.05, 3.63) is 83.9 Å². The van der Waals surface area contributed by atoms with Crippen molar-refractivity contribution in [2.24, 2.45) is 4.99 Å². The Morgan fingerprint density at radius 1 is 0.708 bits per heavy atom. The van der Waals surface area contributed by atoms with Crippen LogP contribution in [0.1, 0.15) is 11.1 Å². The summed E-state index contributed by atoms with van der Waals surface area (Å²) in [5.41, 5.74) is 3.27. The van der Waals surface area contributed by atoms with E-state index in [2.05, 4.69) is 0 Å². The molecule has 0 aromatic heterocycles. The number of phenolic OH excluding ortho intramolecular Hbond substituents is 2. The molecule has 0 saturated carbocycles. The third kappa shape index (κ3) is 3.55. The molecule has 120 valence electrons. The van der Waals surface area contributed by atoms with Gasteiger partial charge in [0.1, 0.15) is 17.2 Å². The van der Waals surface area contributed by atoms with E-state index in [9.17, 15) is 10.2 Å². The van der Waals surface area contributed by atoms with E-state index in [4.69, 9.17) is 9.73 Å². The average Bonchev–Trinajstić information content (AvgIpc) is 2.62. The van der Waals surface area contributed by atoms with Gasteiger partial charge in [0.25, 0.3) is 0 Å². The van der Waals surface area contributed by atoms with E-state index in [1.807, 2.05) is 48.5 Å². The summed E-state index contributed by atoms with van der Waals surface area (Å²) in [5, 5.41) is 19.0. The molecule has 0 aliphatic rings. The van der Waals surface area contributed by atoms with E-state index in [0.717, 1.165) is 28.3 Å². The van der Waals surface area contributed by atoms with Crippen LogP contribution in [0, 0.1) is 0 Å². The molecule has 0 fully saturated rings. The normalized spacial score (nSPS) is 10.2. The Bertz CT molecular complexity index is 788. The zero-order valence-electron chi connectivity index (χ0n) is 13.2. The molecule has 0 unspecified atom stereocenters. The number of aromatic hydroxyl groups is 2. The van der Waals surface area contributed by atoms with Crippen molar-refractivity contribution in [2.45, 2.75) is 0 Å². The number of rotatable bonds is 4. The highest BCUT2D eigenvalue weighted by atomic mass is 16.5. The van der Waals surface area contributed by atoms with E-state index in [-0.39, 0.29) is 11.5 Å². The summed E-state index contributed by atoms with van der Waals surface area (Å²) < 4.78 is 5.17. The van der Waals surface area contributed by atoms with Gasteiger partial charge in [-0.1, -0.05) is 0 Å². The molecule has 0 heterocycles. The molecule has 2 N–H and O–H groups in total. The molecule has 3 rings (SSSR count). The summed E-state index contributed by atoms with van der Waals surface area (Å²) in [4.78, 5) is 4.73. The fourth-order valence-electron chi connectivity index (χ4n) is 2.32. The fourth-order valence-corrected chi connectivity index (χ4v) is 2.32. The molecule has 0 aliphatic carbocycles.